The summed E-state index contributed by atoms with van der Waals surface area (Å²) in [5.41, 5.74) is 2.36. The Labute approximate surface area is 97.4 Å². The summed E-state index contributed by atoms with van der Waals surface area (Å²) in [6.45, 7) is 6.51. The molecule has 0 atom stereocenters. The third-order valence-electron chi connectivity index (χ3n) is 2.39. The Morgan fingerprint density at radius 3 is 2.81 bits per heavy atom. The fraction of sp³-hybridized carbons (Fsp3) is 0.583. The van der Waals surface area contributed by atoms with Gasteiger partial charge >= 0.3 is 0 Å². The number of methoxy groups -OCH3 is 1. The first-order valence-corrected chi connectivity index (χ1v) is 5.65. The highest BCUT2D eigenvalue weighted by Gasteiger charge is 1.96. The average molecular weight is 223 g/mol. The summed E-state index contributed by atoms with van der Waals surface area (Å²) in [4.78, 5) is 4.25. The zero-order valence-corrected chi connectivity index (χ0v) is 10.1. The molecule has 0 saturated heterocycles. The van der Waals surface area contributed by atoms with Crippen LogP contribution in [0.5, 0.6) is 0 Å². The van der Waals surface area contributed by atoms with Gasteiger partial charge in [-0.05, 0) is 18.6 Å². The molecule has 1 heterocycles. The molecule has 0 aromatic carbocycles. The molecule has 4 nitrogen and oxygen atoms in total. The monoisotopic (exact) mass is 223 g/mol. The highest BCUT2D eigenvalue weighted by molar-refractivity contribution is 5.17. The zero-order chi connectivity index (χ0) is 11.6. The van der Waals surface area contributed by atoms with Crippen molar-refractivity contribution in [1.82, 2.24) is 15.6 Å². The van der Waals surface area contributed by atoms with Gasteiger partial charge in [-0.1, -0.05) is 6.07 Å². The fourth-order valence-electron chi connectivity index (χ4n) is 1.40. The van der Waals surface area contributed by atoms with Gasteiger partial charge in [0.1, 0.15) is 0 Å². The quantitative estimate of drug-likeness (QED) is 0.637. The number of rotatable bonds is 8. The lowest BCUT2D eigenvalue weighted by Crippen LogP contribution is -2.29. The van der Waals surface area contributed by atoms with Crippen LogP contribution in [-0.2, 0) is 11.3 Å². The van der Waals surface area contributed by atoms with Crippen molar-refractivity contribution in [2.75, 3.05) is 33.4 Å². The molecule has 0 aliphatic rings. The summed E-state index contributed by atoms with van der Waals surface area (Å²) < 4.78 is 4.94. The highest BCUT2D eigenvalue weighted by Crippen LogP contribution is 2.01. The molecule has 0 spiro atoms. The summed E-state index contributed by atoms with van der Waals surface area (Å²) in [6.07, 6.45) is 1.82. The summed E-state index contributed by atoms with van der Waals surface area (Å²) >= 11 is 0. The number of pyridine rings is 1. The molecule has 16 heavy (non-hydrogen) atoms. The van der Waals surface area contributed by atoms with Crippen LogP contribution in [0, 0.1) is 6.92 Å². The predicted octanol–water partition coefficient (Wildman–Crippen LogP) is 0.716. The summed E-state index contributed by atoms with van der Waals surface area (Å²) in [5.74, 6) is 0. The van der Waals surface area contributed by atoms with E-state index in [-0.39, 0.29) is 0 Å². The Balaban J connectivity index is 2.05. The third kappa shape index (κ3) is 5.21. The Bertz CT molecular complexity index is 291. The normalized spacial score (nSPS) is 10.6. The molecule has 1 rings (SSSR count). The molecule has 0 unspecified atom stereocenters. The second kappa shape index (κ2) is 8.21. The van der Waals surface area contributed by atoms with Gasteiger partial charge < -0.3 is 15.4 Å². The second-order valence-corrected chi connectivity index (χ2v) is 3.67. The summed E-state index contributed by atoms with van der Waals surface area (Å²) in [5, 5.41) is 6.66. The van der Waals surface area contributed by atoms with E-state index in [0.29, 0.717) is 0 Å². The zero-order valence-electron chi connectivity index (χ0n) is 10.1. The Morgan fingerprint density at radius 1 is 1.25 bits per heavy atom. The SMILES string of the molecule is COCCNCCNCc1cccnc1C. The van der Waals surface area contributed by atoms with Gasteiger partial charge in [0, 0.05) is 45.2 Å². The lowest BCUT2D eigenvalue weighted by molar-refractivity contribution is 0.199. The van der Waals surface area contributed by atoms with E-state index in [1.165, 1.54) is 5.56 Å². The van der Waals surface area contributed by atoms with Crippen molar-refractivity contribution in [2.45, 2.75) is 13.5 Å². The van der Waals surface area contributed by atoms with Crippen molar-refractivity contribution in [3.63, 3.8) is 0 Å². The molecule has 0 bridgehead atoms. The standard InChI is InChI=1S/C12H21N3O/c1-11-12(4-3-5-15-11)10-14-7-6-13-8-9-16-2/h3-5,13-14H,6-10H2,1-2H3. The minimum Gasteiger partial charge on any atom is -0.383 e. The first kappa shape index (κ1) is 13.1. The van der Waals surface area contributed by atoms with Crippen molar-refractivity contribution in [2.24, 2.45) is 0 Å². The van der Waals surface area contributed by atoms with Crippen LogP contribution in [-0.4, -0.2) is 38.3 Å². The second-order valence-electron chi connectivity index (χ2n) is 3.67. The van der Waals surface area contributed by atoms with Crippen molar-refractivity contribution < 1.29 is 4.74 Å². The third-order valence-corrected chi connectivity index (χ3v) is 2.39. The van der Waals surface area contributed by atoms with E-state index in [1.54, 1.807) is 7.11 Å². The summed E-state index contributed by atoms with van der Waals surface area (Å²) in [6, 6.07) is 4.08. The number of hydrogen-bond acceptors (Lipinski definition) is 4. The molecule has 0 radical (unpaired) electrons. The van der Waals surface area contributed by atoms with E-state index in [9.17, 15) is 0 Å². The predicted molar refractivity (Wildman–Crippen MR) is 65.4 cm³/mol. The van der Waals surface area contributed by atoms with Gasteiger partial charge in [-0.15, -0.1) is 0 Å². The smallest absolute Gasteiger partial charge is 0.0587 e. The van der Waals surface area contributed by atoms with Crippen LogP contribution >= 0.6 is 0 Å². The molecule has 0 saturated carbocycles. The average Bonchev–Trinajstić information content (AvgIpc) is 2.30. The van der Waals surface area contributed by atoms with E-state index in [0.717, 1.165) is 38.5 Å². The van der Waals surface area contributed by atoms with Gasteiger partial charge in [-0.2, -0.15) is 0 Å². The number of nitrogens with zero attached hydrogens (tertiary/aromatic N) is 1. The molecule has 90 valence electrons. The van der Waals surface area contributed by atoms with E-state index in [2.05, 4.69) is 21.7 Å². The van der Waals surface area contributed by atoms with E-state index >= 15 is 0 Å². The summed E-state index contributed by atoms with van der Waals surface area (Å²) in [7, 11) is 1.71. The van der Waals surface area contributed by atoms with Crippen LogP contribution in [0.15, 0.2) is 18.3 Å². The fourth-order valence-corrected chi connectivity index (χ4v) is 1.40. The van der Waals surface area contributed by atoms with Gasteiger partial charge in [-0.25, -0.2) is 0 Å². The van der Waals surface area contributed by atoms with Crippen molar-refractivity contribution in [1.29, 1.82) is 0 Å². The maximum absolute atomic E-state index is 4.94. The highest BCUT2D eigenvalue weighted by atomic mass is 16.5. The van der Waals surface area contributed by atoms with Crippen LogP contribution in [0.1, 0.15) is 11.3 Å². The Hall–Kier alpha value is -0.970. The van der Waals surface area contributed by atoms with Gasteiger partial charge in [0.05, 0.1) is 6.61 Å². The lowest BCUT2D eigenvalue weighted by atomic mass is 10.2. The molecule has 1 aromatic rings. The minimum atomic E-state index is 0.766. The Kier molecular flexibility index (Phi) is 6.72. The first-order valence-electron chi connectivity index (χ1n) is 5.65. The molecule has 1 aromatic heterocycles. The number of hydrogen-bond donors (Lipinski definition) is 2. The molecular formula is C12H21N3O. The molecular weight excluding hydrogens is 202 g/mol. The van der Waals surface area contributed by atoms with Crippen molar-refractivity contribution in [3.8, 4) is 0 Å². The van der Waals surface area contributed by atoms with Crippen LogP contribution in [0.3, 0.4) is 0 Å². The minimum absolute atomic E-state index is 0.766. The van der Waals surface area contributed by atoms with Crippen LogP contribution in [0.2, 0.25) is 0 Å². The van der Waals surface area contributed by atoms with Gasteiger partial charge in [-0.3, -0.25) is 4.98 Å². The lowest BCUT2D eigenvalue weighted by Gasteiger charge is -2.07. The van der Waals surface area contributed by atoms with E-state index < -0.39 is 0 Å². The van der Waals surface area contributed by atoms with Crippen LogP contribution in [0.25, 0.3) is 0 Å². The molecule has 2 N–H and O–H groups in total. The molecule has 0 fully saturated rings. The molecule has 0 aliphatic heterocycles. The van der Waals surface area contributed by atoms with Crippen molar-refractivity contribution in [3.05, 3.63) is 29.6 Å². The number of aromatic nitrogens is 1. The number of ether oxygens (including phenoxy) is 1. The number of nitrogens with one attached hydrogen (secondary N) is 2. The largest absolute Gasteiger partial charge is 0.383 e. The maximum atomic E-state index is 4.94. The topological polar surface area (TPSA) is 46.2 Å². The van der Waals surface area contributed by atoms with Gasteiger partial charge in [0.2, 0.25) is 0 Å². The molecule has 0 aliphatic carbocycles. The maximum Gasteiger partial charge on any atom is 0.0587 e. The van der Waals surface area contributed by atoms with Crippen LogP contribution in [0.4, 0.5) is 0 Å². The molecule has 4 heteroatoms. The number of aryl methyl sites for hydroxylation is 1. The van der Waals surface area contributed by atoms with Crippen LogP contribution < -0.4 is 10.6 Å². The molecule has 0 amide bonds. The van der Waals surface area contributed by atoms with E-state index in [4.69, 9.17) is 4.74 Å². The Morgan fingerprint density at radius 2 is 2.06 bits per heavy atom. The van der Waals surface area contributed by atoms with Crippen molar-refractivity contribution >= 4 is 0 Å². The van der Waals surface area contributed by atoms with E-state index in [1.807, 2.05) is 19.2 Å². The van der Waals surface area contributed by atoms with Gasteiger partial charge in [0.15, 0.2) is 0 Å². The first-order chi connectivity index (χ1) is 7.84. The van der Waals surface area contributed by atoms with Gasteiger partial charge in [0.25, 0.3) is 0 Å².